The molecule has 2 rings (SSSR count). The lowest BCUT2D eigenvalue weighted by atomic mass is 10.1. The molecular weight excluding hydrogens is 330 g/mol. The summed E-state index contributed by atoms with van der Waals surface area (Å²) in [5, 5.41) is 3.40. The Morgan fingerprint density at radius 3 is 2.23 bits per heavy atom. The molecule has 1 aromatic carbocycles. The number of carbonyl (C=O) groups is 1. The molecule has 0 atom stereocenters. The van der Waals surface area contributed by atoms with Gasteiger partial charge in [-0.15, -0.1) is 0 Å². The van der Waals surface area contributed by atoms with Gasteiger partial charge in [-0.25, -0.2) is 0 Å². The third-order valence-corrected chi connectivity index (χ3v) is 4.80. The molecule has 0 saturated heterocycles. The van der Waals surface area contributed by atoms with Crippen LogP contribution in [0, 0.1) is 5.92 Å². The lowest BCUT2D eigenvalue weighted by Gasteiger charge is -2.15. The van der Waals surface area contributed by atoms with Crippen LogP contribution < -0.4 is 10.1 Å². The Balaban J connectivity index is 1.45. The monoisotopic (exact) mass is 363 g/mol. The van der Waals surface area contributed by atoms with Crippen molar-refractivity contribution >= 4 is 5.78 Å². The molecule has 0 bridgehead atoms. The van der Waals surface area contributed by atoms with Crippen LogP contribution in [-0.2, 0) is 19.8 Å². The summed E-state index contributed by atoms with van der Waals surface area (Å²) in [6.07, 6.45) is 4.08. The largest absolute Gasteiger partial charge is 0.494 e. The van der Waals surface area contributed by atoms with Gasteiger partial charge in [-0.3, -0.25) is 4.79 Å². The average Bonchev–Trinajstić information content (AvgIpc) is 3.44. The van der Waals surface area contributed by atoms with Crippen LogP contribution in [0.25, 0.3) is 0 Å². The van der Waals surface area contributed by atoms with Crippen molar-refractivity contribution in [2.75, 3.05) is 40.1 Å². The predicted molar refractivity (Wildman–Crippen MR) is 103 cm³/mol. The van der Waals surface area contributed by atoms with Gasteiger partial charge in [-0.2, -0.15) is 0 Å². The van der Waals surface area contributed by atoms with Gasteiger partial charge in [0.15, 0.2) is 5.78 Å². The Kier molecular flexibility index (Phi) is 8.55. The lowest BCUT2D eigenvalue weighted by molar-refractivity contribution is -0.126. The number of hydrogen-bond donors (Lipinski definition) is 1. The van der Waals surface area contributed by atoms with E-state index in [1.165, 1.54) is 18.4 Å². The zero-order chi connectivity index (χ0) is 18.8. The second kappa shape index (κ2) is 10.7. The molecule has 0 heterocycles. The Hall–Kier alpha value is -1.43. The van der Waals surface area contributed by atoms with Crippen molar-refractivity contribution in [3.8, 4) is 5.75 Å². The van der Waals surface area contributed by atoms with E-state index in [1.807, 2.05) is 33.0 Å². The first-order valence-electron chi connectivity index (χ1n) is 9.68. The molecule has 146 valence electrons. The van der Waals surface area contributed by atoms with Gasteiger partial charge in [0.1, 0.15) is 12.4 Å². The van der Waals surface area contributed by atoms with Crippen LogP contribution in [0.5, 0.6) is 5.75 Å². The van der Waals surface area contributed by atoms with Crippen molar-refractivity contribution < 1.29 is 19.0 Å². The van der Waals surface area contributed by atoms with Crippen LogP contribution in [0.15, 0.2) is 24.3 Å². The molecule has 0 radical (unpaired) electrons. The van der Waals surface area contributed by atoms with Crippen molar-refractivity contribution in [2.45, 2.75) is 45.1 Å². The van der Waals surface area contributed by atoms with E-state index in [-0.39, 0.29) is 23.8 Å². The molecule has 0 amide bonds. The fourth-order valence-electron chi connectivity index (χ4n) is 2.73. The molecule has 0 aromatic heterocycles. The summed E-state index contributed by atoms with van der Waals surface area (Å²) in [7, 11) is 2.02. The maximum atomic E-state index is 11.4. The first-order valence-corrected chi connectivity index (χ1v) is 9.68. The summed E-state index contributed by atoms with van der Waals surface area (Å²) < 4.78 is 16.6. The summed E-state index contributed by atoms with van der Waals surface area (Å²) in [5.41, 5.74) is 1.55. The third kappa shape index (κ3) is 6.71. The molecule has 5 heteroatoms. The summed E-state index contributed by atoms with van der Waals surface area (Å²) in [6, 6.07) is 8.39. The fourth-order valence-corrected chi connectivity index (χ4v) is 2.73. The number of nitrogens with one attached hydrogen (secondary N) is 1. The number of rotatable bonds is 14. The Bertz CT molecular complexity index is 537. The molecule has 1 fully saturated rings. The molecule has 1 N–H and O–H groups in total. The van der Waals surface area contributed by atoms with Crippen molar-refractivity contribution in [1.82, 2.24) is 5.32 Å². The fraction of sp³-hybridized carbons (Fsp3) is 0.667. The highest BCUT2D eigenvalue weighted by Gasteiger charge is 2.42. The molecule has 0 unspecified atom stereocenters. The lowest BCUT2D eigenvalue weighted by Crippen LogP contribution is -2.24. The second-order valence-electron chi connectivity index (χ2n) is 7.20. The number of Topliss-reactive ketones (excluding diaryl/α,β-unsaturated/α-hetero) is 1. The zero-order valence-corrected chi connectivity index (χ0v) is 16.4. The van der Waals surface area contributed by atoms with Crippen molar-refractivity contribution in [2.24, 2.45) is 5.92 Å². The number of hydrogen-bond acceptors (Lipinski definition) is 5. The predicted octanol–water partition coefficient (Wildman–Crippen LogP) is 3.31. The van der Waals surface area contributed by atoms with Gasteiger partial charge >= 0.3 is 0 Å². The summed E-state index contributed by atoms with van der Waals surface area (Å²) in [6.45, 7) is 6.52. The quantitative estimate of drug-likeness (QED) is 0.514. The highest BCUT2D eigenvalue weighted by atomic mass is 16.5. The molecule has 5 nitrogen and oxygen atoms in total. The molecular formula is C21H33NO4. The van der Waals surface area contributed by atoms with E-state index < -0.39 is 0 Å². The topological polar surface area (TPSA) is 56.8 Å². The summed E-state index contributed by atoms with van der Waals surface area (Å²) in [5.74, 6) is 1.10. The third-order valence-electron chi connectivity index (χ3n) is 4.80. The summed E-state index contributed by atoms with van der Waals surface area (Å²) in [4.78, 5) is 11.4. The minimum Gasteiger partial charge on any atom is -0.494 e. The highest BCUT2D eigenvalue weighted by molar-refractivity contribution is 5.81. The first-order chi connectivity index (χ1) is 12.6. The van der Waals surface area contributed by atoms with E-state index >= 15 is 0 Å². The van der Waals surface area contributed by atoms with Crippen molar-refractivity contribution in [3.63, 3.8) is 0 Å². The Morgan fingerprint density at radius 2 is 1.65 bits per heavy atom. The number of ketones is 1. The molecule has 1 aliphatic carbocycles. The standard InChI is InChI=1S/C21H33NO4/c1-17(2)20(23)16-25-14-4-12-24-13-5-15-26-19-8-6-18(7-9-19)21(22-3)10-11-21/h6-9,17,22H,4-5,10-16H2,1-3H3. The van der Waals surface area contributed by atoms with E-state index in [0.717, 1.165) is 18.6 Å². The van der Waals surface area contributed by atoms with Crippen LogP contribution in [-0.4, -0.2) is 45.9 Å². The van der Waals surface area contributed by atoms with E-state index in [0.29, 0.717) is 26.4 Å². The van der Waals surface area contributed by atoms with Crippen LogP contribution in [0.4, 0.5) is 0 Å². The maximum absolute atomic E-state index is 11.4. The molecule has 1 saturated carbocycles. The highest BCUT2D eigenvalue weighted by Crippen LogP contribution is 2.45. The first kappa shape index (κ1) is 20.9. The Morgan fingerprint density at radius 1 is 1.04 bits per heavy atom. The van der Waals surface area contributed by atoms with Crippen LogP contribution in [0.2, 0.25) is 0 Å². The van der Waals surface area contributed by atoms with Gasteiger partial charge in [0.2, 0.25) is 0 Å². The molecule has 1 aliphatic rings. The summed E-state index contributed by atoms with van der Waals surface area (Å²) >= 11 is 0. The minimum atomic E-state index is 0.0422. The second-order valence-corrected chi connectivity index (χ2v) is 7.20. The number of ether oxygens (including phenoxy) is 3. The van der Waals surface area contributed by atoms with E-state index in [9.17, 15) is 4.79 Å². The number of carbonyl (C=O) groups excluding carboxylic acids is 1. The van der Waals surface area contributed by atoms with Crippen LogP contribution >= 0.6 is 0 Å². The molecule has 26 heavy (non-hydrogen) atoms. The molecule has 1 aromatic rings. The Labute approximate surface area is 157 Å². The smallest absolute Gasteiger partial charge is 0.160 e. The van der Waals surface area contributed by atoms with Gasteiger partial charge in [-0.05, 0) is 44.0 Å². The zero-order valence-electron chi connectivity index (χ0n) is 16.4. The van der Waals surface area contributed by atoms with Gasteiger partial charge in [0, 0.05) is 37.7 Å². The van der Waals surface area contributed by atoms with Crippen LogP contribution in [0.1, 0.15) is 45.1 Å². The van der Waals surface area contributed by atoms with Crippen LogP contribution in [0.3, 0.4) is 0 Å². The van der Waals surface area contributed by atoms with E-state index in [2.05, 4.69) is 17.4 Å². The van der Waals surface area contributed by atoms with E-state index in [1.54, 1.807) is 0 Å². The van der Waals surface area contributed by atoms with Crippen molar-refractivity contribution in [1.29, 1.82) is 0 Å². The maximum Gasteiger partial charge on any atom is 0.160 e. The minimum absolute atomic E-state index is 0.0422. The van der Waals surface area contributed by atoms with Gasteiger partial charge in [-0.1, -0.05) is 26.0 Å². The van der Waals surface area contributed by atoms with Gasteiger partial charge in [0.25, 0.3) is 0 Å². The molecule has 0 aliphatic heterocycles. The number of benzene rings is 1. The van der Waals surface area contributed by atoms with E-state index in [4.69, 9.17) is 14.2 Å². The van der Waals surface area contributed by atoms with Gasteiger partial charge in [0.05, 0.1) is 6.61 Å². The van der Waals surface area contributed by atoms with Gasteiger partial charge < -0.3 is 19.5 Å². The van der Waals surface area contributed by atoms with Crippen molar-refractivity contribution in [3.05, 3.63) is 29.8 Å². The SMILES string of the molecule is CNC1(c2ccc(OCCCOCCCOCC(=O)C(C)C)cc2)CC1. The average molecular weight is 363 g/mol. The molecule has 0 spiro atoms. The normalized spacial score (nSPS) is 15.2.